The molecule has 29 heavy (non-hydrogen) atoms. The molecule has 0 radical (unpaired) electrons. The molecule has 4 heteroatoms. The summed E-state index contributed by atoms with van der Waals surface area (Å²) in [5.74, 6) is -0.624. The standard InChI is InChI=1S/C25H28FNO2/c1-2-3-4-6-17-9-11-18(12-10-17)24-21(7-5-8-22(24)25(28)29)19-13-14-20(16-27)23(26)15-19/h5,7-8,13-15,17-18H,2-4,6,9-12H2,1H3,(H,28,29)/t17-,18-. The fourth-order valence-corrected chi connectivity index (χ4v) is 4.64. The normalized spacial score (nSPS) is 18.9. The van der Waals surface area contributed by atoms with Gasteiger partial charge in [-0.2, -0.15) is 5.26 Å². The smallest absolute Gasteiger partial charge is 0.335 e. The van der Waals surface area contributed by atoms with Gasteiger partial charge in [0.05, 0.1) is 11.1 Å². The molecule has 152 valence electrons. The van der Waals surface area contributed by atoms with Gasteiger partial charge in [0.15, 0.2) is 0 Å². The van der Waals surface area contributed by atoms with E-state index in [-0.39, 0.29) is 11.5 Å². The van der Waals surface area contributed by atoms with Crippen molar-refractivity contribution < 1.29 is 14.3 Å². The zero-order chi connectivity index (χ0) is 20.8. The van der Waals surface area contributed by atoms with Gasteiger partial charge in [0.25, 0.3) is 0 Å². The van der Waals surface area contributed by atoms with Crippen molar-refractivity contribution in [3.63, 3.8) is 0 Å². The lowest BCUT2D eigenvalue weighted by molar-refractivity contribution is 0.0694. The highest BCUT2D eigenvalue weighted by atomic mass is 19.1. The molecule has 1 aliphatic carbocycles. The number of carbonyl (C=O) groups is 1. The maximum Gasteiger partial charge on any atom is 0.335 e. The Bertz CT molecular complexity index is 908. The first-order valence-corrected chi connectivity index (χ1v) is 10.6. The van der Waals surface area contributed by atoms with Crippen LogP contribution in [0.3, 0.4) is 0 Å². The minimum Gasteiger partial charge on any atom is -0.478 e. The van der Waals surface area contributed by atoms with Crippen molar-refractivity contribution in [1.29, 1.82) is 5.26 Å². The van der Waals surface area contributed by atoms with E-state index in [2.05, 4.69) is 6.92 Å². The van der Waals surface area contributed by atoms with E-state index in [1.54, 1.807) is 18.2 Å². The van der Waals surface area contributed by atoms with E-state index < -0.39 is 11.8 Å². The van der Waals surface area contributed by atoms with Crippen molar-refractivity contribution >= 4 is 5.97 Å². The third kappa shape index (κ3) is 4.85. The van der Waals surface area contributed by atoms with Gasteiger partial charge in [0, 0.05) is 0 Å². The van der Waals surface area contributed by atoms with E-state index in [9.17, 15) is 14.3 Å². The van der Waals surface area contributed by atoms with E-state index in [0.717, 1.165) is 42.7 Å². The Hall–Kier alpha value is -2.67. The number of rotatable bonds is 7. The third-order valence-corrected chi connectivity index (χ3v) is 6.21. The number of carboxylic acids is 1. The first-order valence-electron chi connectivity index (χ1n) is 10.6. The van der Waals surface area contributed by atoms with Crippen LogP contribution in [-0.4, -0.2) is 11.1 Å². The number of nitriles is 1. The van der Waals surface area contributed by atoms with E-state index in [0.29, 0.717) is 11.1 Å². The minimum atomic E-state index is -0.943. The number of aromatic carboxylic acids is 1. The molecule has 2 aromatic carbocycles. The Balaban J connectivity index is 1.91. The van der Waals surface area contributed by atoms with E-state index in [1.165, 1.54) is 37.8 Å². The zero-order valence-corrected chi connectivity index (χ0v) is 17.0. The van der Waals surface area contributed by atoms with Crippen molar-refractivity contribution in [2.45, 2.75) is 64.2 Å². The first kappa shape index (κ1) is 21.0. The lowest BCUT2D eigenvalue weighted by atomic mass is 9.74. The predicted molar refractivity (Wildman–Crippen MR) is 112 cm³/mol. The highest BCUT2D eigenvalue weighted by Crippen LogP contribution is 2.43. The molecule has 0 bridgehead atoms. The van der Waals surface area contributed by atoms with Crippen LogP contribution < -0.4 is 0 Å². The fourth-order valence-electron chi connectivity index (χ4n) is 4.64. The van der Waals surface area contributed by atoms with Gasteiger partial charge in [-0.3, -0.25) is 0 Å². The molecule has 1 saturated carbocycles. The van der Waals surface area contributed by atoms with Gasteiger partial charge in [-0.05, 0) is 72.4 Å². The minimum absolute atomic E-state index is 0.00252. The number of halogens is 1. The molecule has 0 amide bonds. The van der Waals surface area contributed by atoms with Gasteiger partial charge < -0.3 is 5.11 Å². The Morgan fingerprint density at radius 3 is 2.55 bits per heavy atom. The lowest BCUT2D eigenvalue weighted by Gasteiger charge is -2.31. The molecular formula is C25H28FNO2. The Labute approximate surface area is 172 Å². The molecule has 0 aromatic heterocycles. The van der Waals surface area contributed by atoms with Crippen LogP contribution in [0.2, 0.25) is 0 Å². The Kier molecular flexibility index (Phi) is 7.04. The van der Waals surface area contributed by atoms with Crippen LogP contribution in [-0.2, 0) is 0 Å². The van der Waals surface area contributed by atoms with Crippen LogP contribution in [0.4, 0.5) is 4.39 Å². The summed E-state index contributed by atoms with van der Waals surface area (Å²) in [6, 6.07) is 11.6. The largest absolute Gasteiger partial charge is 0.478 e. The number of carboxylic acid groups (broad SMARTS) is 1. The Morgan fingerprint density at radius 2 is 1.93 bits per heavy atom. The highest BCUT2D eigenvalue weighted by molar-refractivity contribution is 5.92. The van der Waals surface area contributed by atoms with Gasteiger partial charge in [0.1, 0.15) is 11.9 Å². The maximum absolute atomic E-state index is 14.2. The molecule has 1 aliphatic rings. The fraction of sp³-hybridized carbons (Fsp3) is 0.440. The zero-order valence-electron chi connectivity index (χ0n) is 17.0. The molecule has 0 saturated heterocycles. The molecule has 3 nitrogen and oxygen atoms in total. The second kappa shape index (κ2) is 9.69. The number of nitrogens with zero attached hydrogens (tertiary/aromatic N) is 1. The molecule has 0 heterocycles. The van der Waals surface area contributed by atoms with Crippen LogP contribution in [0, 0.1) is 23.1 Å². The molecular weight excluding hydrogens is 365 g/mol. The topological polar surface area (TPSA) is 61.1 Å². The van der Waals surface area contributed by atoms with Gasteiger partial charge >= 0.3 is 5.97 Å². The summed E-state index contributed by atoms with van der Waals surface area (Å²) in [5, 5.41) is 18.8. The van der Waals surface area contributed by atoms with Crippen LogP contribution in [0.25, 0.3) is 11.1 Å². The monoisotopic (exact) mass is 393 g/mol. The summed E-state index contributed by atoms with van der Waals surface area (Å²) in [5.41, 5.74) is 2.52. The van der Waals surface area contributed by atoms with Crippen LogP contribution >= 0.6 is 0 Å². The maximum atomic E-state index is 14.2. The average molecular weight is 394 g/mol. The summed E-state index contributed by atoms with van der Waals surface area (Å²) in [6.45, 7) is 2.22. The molecule has 0 aliphatic heterocycles. The lowest BCUT2D eigenvalue weighted by Crippen LogP contribution is -2.17. The first-order chi connectivity index (χ1) is 14.0. The average Bonchev–Trinajstić information content (AvgIpc) is 2.74. The van der Waals surface area contributed by atoms with Crippen LogP contribution in [0.5, 0.6) is 0 Å². The Morgan fingerprint density at radius 1 is 1.17 bits per heavy atom. The van der Waals surface area contributed by atoms with Gasteiger partial charge in [0.2, 0.25) is 0 Å². The molecule has 0 atom stereocenters. The van der Waals surface area contributed by atoms with Crippen molar-refractivity contribution in [2.24, 2.45) is 5.92 Å². The number of hydrogen-bond donors (Lipinski definition) is 1. The molecule has 2 aromatic rings. The predicted octanol–water partition coefficient (Wildman–Crippen LogP) is 6.92. The second-order valence-corrected chi connectivity index (χ2v) is 8.09. The highest BCUT2D eigenvalue weighted by Gasteiger charge is 2.28. The molecule has 3 rings (SSSR count). The van der Waals surface area contributed by atoms with Gasteiger partial charge in [-0.25, -0.2) is 9.18 Å². The van der Waals surface area contributed by atoms with Crippen LogP contribution in [0.15, 0.2) is 36.4 Å². The molecule has 0 unspecified atom stereocenters. The van der Waals surface area contributed by atoms with Crippen molar-refractivity contribution in [2.75, 3.05) is 0 Å². The van der Waals surface area contributed by atoms with Crippen LogP contribution in [0.1, 0.15) is 85.7 Å². The molecule has 0 spiro atoms. The summed E-state index contributed by atoms with van der Waals surface area (Å²) in [6.07, 6.45) is 9.19. The molecule has 1 N–H and O–H groups in total. The quantitative estimate of drug-likeness (QED) is 0.520. The van der Waals surface area contributed by atoms with E-state index >= 15 is 0 Å². The van der Waals surface area contributed by atoms with E-state index in [4.69, 9.17) is 5.26 Å². The summed E-state index contributed by atoms with van der Waals surface area (Å²) in [7, 11) is 0. The van der Waals surface area contributed by atoms with Crippen molar-refractivity contribution in [3.05, 3.63) is 58.9 Å². The third-order valence-electron chi connectivity index (χ3n) is 6.21. The number of unbranched alkanes of at least 4 members (excludes halogenated alkanes) is 2. The van der Waals surface area contributed by atoms with Crippen molar-refractivity contribution in [1.82, 2.24) is 0 Å². The summed E-state index contributed by atoms with van der Waals surface area (Å²) >= 11 is 0. The summed E-state index contributed by atoms with van der Waals surface area (Å²) < 4.78 is 14.2. The summed E-state index contributed by atoms with van der Waals surface area (Å²) in [4.78, 5) is 11.9. The number of benzene rings is 2. The molecule has 1 fully saturated rings. The van der Waals surface area contributed by atoms with Gasteiger partial charge in [-0.15, -0.1) is 0 Å². The van der Waals surface area contributed by atoms with Gasteiger partial charge in [-0.1, -0.05) is 50.8 Å². The van der Waals surface area contributed by atoms with E-state index in [1.807, 2.05) is 12.1 Å². The number of hydrogen-bond acceptors (Lipinski definition) is 2. The second-order valence-electron chi connectivity index (χ2n) is 8.09. The van der Waals surface area contributed by atoms with Crippen molar-refractivity contribution in [3.8, 4) is 17.2 Å². The SMILES string of the molecule is CCCCC[C@H]1CC[C@H](c2c(C(=O)O)cccc2-c2ccc(C#N)c(F)c2)CC1.